The zero-order chi connectivity index (χ0) is 10.7. The highest BCUT2D eigenvalue weighted by Crippen LogP contribution is 2.20. The van der Waals surface area contributed by atoms with Crippen molar-refractivity contribution in [2.45, 2.75) is 6.92 Å². The largest absolute Gasteiger partial charge is 0.351 e. The number of amides is 3. The van der Waals surface area contributed by atoms with E-state index < -0.39 is 11.9 Å². The van der Waals surface area contributed by atoms with Gasteiger partial charge >= 0.3 is 6.03 Å². The summed E-state index contributed by atoms with van der Waals surface area (Å²) in [6, 6.07) is 4.33. The predicted octanol–water partition coefficient (Wildman–Crippen LogP) is 1.57. The van der Waals surface area contributed by atoms with E-state index in [2.05, 4.69) is 15.9 Å². The highest BCUT2D eigenvalue weighted by Gasteiger charge is 2.12. The summed E-state index contributed by atoms with van der Waals surface area (Å²) in [6.45, 7) is 1.85. The molecule has 5 heteroatoms. The molecule has 0 spiro atoms. The Bertz CT molecular complexity index is 390. The van der Waals surface area contributed by atoms with Gasteiger partial charge in [0.2, 0.25) is 0 Å². The molecule has 1 aromatic rings. The number of rotatable bonds is 1. The summed E-state index contributed by atoms with van der Waals surface area (Å²) in [5.74, 6) is -0.506. The van der Waals surface area contributed by atoms with Crippen LogP contribution in [0.3, 0.4) is 0 Å². The molecule has 3 N–H and O–H groups in total. The zero-order valence-electron chi connectivity index (χ0n) is 7.50. The Morgan fingerprint density at radius 2 is 2.07 bits per heavy atom. The number of nitrogens with one attached hydrogen (secondary N) is 1. The molecule has 1 aromatic carbocycles. The number of aryl methyl sites for hydroxylation is 1. The molecule has 74 valence electrons. The van der Waals surface area contributed by atoms with Crippen molar-refractivity contribution in [1.82, 2.24) is 5.32 Å². The number of urea groups is 1. The zero-order valence-corrected chi connectivity index (χ0v) is 9.09. The van der Waals surface area contributed by atoms with E-state index in [9.17, 15) is 9.59 Å². The number of halogens is 1. The van der Waals surface area contributed by atoms with Crippen LogP contribution in [0.5, 0.6) is 0 Å². The maximum absolute atomic E-state index is 11.4. The topological polar surface area (TPSA) is 72.2 Å². The Balaban J connectivity index is 3.01. The van der Waals surface area contributed by atoms with Crippen LogP contribution in [0.4, 0.5) is 4.79 Å². The van der Waals surface area contributed by atoms with Gasteiger partial charge in [0.05, 0.1) is 5.56 Å². The van der Waals surface area contributed by atoms with E-state index in [1.54, 1.807) is 12.1 Å². The number of carbonyl (C=O) groups is 2. The van der Waals surface area contributed by atoms with Crippen molar-refractivity contribution < 1.29 is 9.59 Å². The fourth-order valence-corrected chi connectivity index (χ4v) is 1.45. The maximum Gasteiger partial charge on any atom is 0.319 e. The lowest BCUT2D eigenvalue weighted by Gasteiger charge is -2.05. The average molecular weight is 257 g/mol. The molecular formula is C9H9BrN2O2. The van der Waals surface area contributed by atoms with Crippen LogP contribution in [0.1, 0.15) is 15.9 Å². The van der Waals surface area contributed by atoms with Gasteiger partial charge < -0.3 is 5.73 Å². The fourth-order valence-electron chi connectivity index (χ4n) is 1.00. The van der Waals surface area contributed by atoms with E-state index in [0.29, 0.717) is 10.0 Å². The van der Waals surface area contributed by atoms with Crippen LogP contribution < -0.4 is 11.1 Å². The third kappa shape index (κ3) is 2.32. The van der Waals surface area contributed by atoms with Crippen LogP contribution in [0, 0.1) is 6.92 Å². The first kappa shape index (κ1) is 10.7. The number of carbonyl (C=O) groups excluding carboxylic acids is 2. The van der Waals surface area contributed by atoms with Crippen LogP contribution >= 0.6 is 15.9 Å². The standard InChI is InChI=1S/C9H9BrN2O2/c1-5-3-2-4-6(7(5)10)8(13)12-9(11)14/h2-4H,1H3,(H3,11,12,13,14). The predicted molar refractivity (Wildman–Crippen MR) is 55.9 cm³/mol. The third-order valence-corrected chi connectivity index (χ3v) is 2.73. The first-order valence-electron chi connectivity index (χ1n) is 3.88. The van der Waals surface area contributed by atoms with Gasteiger partial charge in [-0.2, -0.15) is 0 Å². The molecule has 14 heavy (non-hydrogen) atoms. The van der Waals surface area contributed by atoms with E-state index in [4.69, 9.17) is 5.73 Å². The van der Waals surface area contributed by atoms with Gasteiger partial charge in [-0.25, -0.2) is 4.79 Å². The Kier molecular flexibility index (Phi) is 3.24. The summed E-state index contributed by atoms with van der Waals surface area (Å²) in [7, 11) is 0. The summed E-state index contributed by atoms with van der Waals surface area (Å²) in [5.41, 5.74) is 6.14. The molecule has 0 aliphatic heterocycles. The highest BCUT2D eigenvalue weighted by molar-refractivity contribution is 9.10. The van der Waals surface area contributed by atoms with Crippen molar-refractivity contribution in [2.24, 2.45) is 5.73 Å². The van der Waals surface area contributed by atoms with Gasteiger partial charge in [-0.05, 0) is 34.5 Å². The van der Waals surface area contributed by atoms with Crippen molar-refractivity contribution in [2.75, 3.05) is 0 Å². The summed E-state index contributed by atoms with van der Waals surface area (Å²) in [6.07, 6.45) is 0. The number of benzene rings is 1. The van der Waals surface area contributed by atoms with E-state index in [1.165, 1.54) is 0 Å². The summed E-state index contributed by atoms with van der Waals surface area (Å²) in [4.78, 5) is 21.8. The Morgan fingerprint density at radius 1 is 1.43 bits per heavy atom. The van der Waals surface area contributed by atoms with Crippen LogP contribution in [0.2, 0.25) is 0 Å². The monoisotopic (exact) mass is 256 g/mol. The smallest absolute Gasteiger partial charge is 0.319 e. The normalized spacial score (nSPS) is 9.57. The molecule has 1 rings (SSSR count). The summed E-state index contributed by atoms with van der Waals surface area (Å²) in [5, 5.41) is 2.00. The molecule has 0 aromatic heterocycles. The summed E-state index contributed by atoms with van der Waals surface area (Å²) < 4.78 is 0.666. The molecular weight excluding hydrogens is 248 g/mol. The molecule has 4 nitrogen and oxygen atoms in total. The number of hydrogen-bond acceptors (Lipinski definition) is 2. The third-order valence-electron chi connectivity index (χ3n) is 1.67. The molecule has 0 aliphatic rings. The van der Waals surface area contributed by atoms with E-state index in [-0.39, 0.29) is 0 Å². The molecule has 0 fully saturated rings. The van der Waals surface area contributed by atoms with Gasteiger partial charge in [0.1, 0.15) is 0 Å². The van der Waals surface area contributed by atoms with E-state index >= 15 is 0 Å². The minimum absolute atomic E-state index is 0.392. The number of imide groups is 1. The first-order chi connectivity index (χ1) is 6.52. The maximum atomic E-state index is 11.4. The molecule has 0 bridgehead atoms. The van der Waals surface area contributed by atoms with Crippen LogP contribution in [0.15, 0.2) is 22.7 Å². The van der Waals surface area contributed by atoms with Crippen molar-refractivity contribution >= 4 is 27.9 Å². The highest BCUT2D eigenvalue weighted by atomic mass is 79.9. The molecule has 0 saturated heterocycles. The molecule has 0 heterocycles. The second-order valence-electron chi connectivity index (χ2n) is 2.75. The lowest BCUT2D eigenvalue weighted by Crippen LogP contribution is -2.35. The second-order valence-corrected chi connectivity index (χ2v) is 3.55. The fraction of sp³-hybridized carbons (Fsp3) is 0.111. The number of primary amides is 1. The second kappa shape index (κ2) is 4.23. The lowest BCUT2D eigenvalue weighted by atomic mass is 10.1. The number of hydrogen-bond donors (Lipinski definition) is 2. The van der Waals surface area contributed by atoms with Crippen molar-refractivity contribution in [3.8, 4) is 0 Å². The van der Waals surface area contributed by atoms with Gasteiger partial charge in [0.25, 0.3) is 5.91 Å². The van der Waals surface area contributed by atoms with E-state index in [0.717, 1.165) is 5.56 Å². The quantitative estimate of drug-likeness (QED) is 0.801. The van der Waals surface area contributed by atoms with Gasteiger partial charge in [0, 0.05) is 4.47 Å². The Morgan fingerprint density at radius 3 is 2.64 bits per heavy atom. The van der Waals surface area contributed by atoms with Crippen molar-refractivity contribution in [1.29, 1.82) is 0 Å². The molecule has 3 amide bonds. The molecule has 0 unspecified atom stereocenters. The van der Waals surface area contributed by atoms with Gasteiger partial charge in [-0.3, -0.25) is 10.1 Å². The molecule has 0 radical (unpaired) electrons. The average Bonchev–Trinajstić information content (AvgIpc) is 2.08. The van der Waals surface area contributed by atoms with Crippen LogP contribution in [-0.4, -0.2) is 11.9 Å². The Hall–Kier alpha value is -1.36. The van der Waals surface area contributed by atoms with Crippen molar-refractivity contribution in [3.05, 3.63) is 33.8 Å². The molecule has 0 saturated carbocycles. The van der Waals surface area contributed by atoms with Gasteiger partial charge in [-0.15, -0.1) is 0 Å². The minimum atomic E-state index is -0.858. The van der Waals surface area contributed by atoms with Gasteiger partial charge in [0.15, 0.2) is 0 Å². The number of nitrogens with two attached hydrogens (primary N) is 1. The molecule has 0 aliphatic carbocycles. The summed E-state index contributed by atoms with van der Waals surface area (Å²) >= 11 is 3.26. The molecule has 0 atom stereocenters. The van der Waals surface area contributed by atoms with Crippen LogP contribution in [-0.2, 0) is 0 Å². The lowest BCUT2D eigenvalue weighted by molar-refractivity contribution is 0.0965. The first-order valence-corrected chi connectivity index (χ1v) is 4.67. The van der Waals surface area contributed by atoms with E-state index in [1.807, 2.05) is 18.3 Å². The Labute approximate surface area is 89.6 Å². The van der Waals surface area contributed by atoms with Crippen molar-refractivity contribution in [3.63, 3.8) is 0 Å². The minimum Gasteiger partial charge on any atom is -0.351 e. The van der Waals surface area contributed by atoms with Gasteiger partial charge in [-0.1, -0.05) is 12.1 Å². The SMILES string of the molecule is Cc1cccc(C(=O)NC(N)=O)c1Br. The van der Waals surface area contributed by atoms with Crippen LogP contribution in [0.25, 0.3) is 0 Å².